The molecule has 5 nitrogen and oxygen atoms in total. The van der Waals surface area contributed by atoms with E-state index in [9.17, 15) is 8.42 Å². The van der Waals surface area contributed by atoms with E-state index < -0.39 is 15.5 Å². The molecule has 1 N–H and O–H groups in total. The molecule has 0 amide bonds. The molecule has 6 heteroatoms. The number of aromatic nitrogens is 1. The molecule has 0 bridgehead atoms. The van der Waals surface area contributed by atoms with E-state index in [0.717, 1.165) is 41.8 Å². The molecule has 0 unspecified atom stereocenters. The van der Waals surface area contributed by atoms with Gasteiger partial charge in [0.25, 0.3) is 0 Å². The normalized spacial score (nSPS) is 19.9. The summed E-state index contributed by atoms with van der Waals surface area (Å²) in [5, 5.41) is 3.73. The zero-order valence-corrected chi connectivity index (χ0v) is 20.4. The number of anilines is 1. The number of hydrogen-bond acceptors (Lipinski definition) is 5. The maximum Gasteiger partial charge on any atom is 0.339 e. The predicted molar refractivity (Wildman–Crippen MR) is 138 cm³/mol. The molecule has 0 saturated heterocycles. The van der Waals surface area contributed by atoms with Crippen LogP contribution in [0, 0.1) is 6.92 Å². The smallest absolute Gasteiger partial charge is 0.339 e. The Labute approximate surface area is 207 Å². The van der Waals surface area contributed by atoms with Crippen LogP contribution in [0.2, 0.25) is 0 Å². The van der Waals surface area contributed by atoms with E-state index in [4.69, 9.17) is 9.17 Å². The Bertz CT molecular complexity index is 1390. The standard InChI is InChI=1S/C29H28N2O3S/c1-22-15-17-26(18-16-22)35(32,33)34-25-12-7-9-23(21-25)29(27-13-5-6-20-30-27)19-8-14-28(29)31-24-10-3-2-4-11-24/h2-7,9-13,15-18,20-21,28,31H,8,14,19H2,1H3/t28-,29-/m1/s1. The van der Waals surface area contributed by atoms with Crippen molar-refractivity contribution >= 4 is 15.8 Å². The molecule has 35 heavy (non-hydrogen) atoms. The Kier molecular flexibility index (Phi) is 6.31. The van der Waals surface area contributed by atoms with Crippen molar-refractivity contribution in [2.45, 2.75) is 42.5 Å². The fourth-order valence-corrected chi connectivity index (χ4v) is 5.99. The summed E-state index contributed by atoms with van der Waals surface area (Å²) in [6, 6.07) is 30.3. The van der Waals surface area contributed by atoms with E-state index in [2.05, 4.69) is 23.5 Å². The van der Waals surface area contributed by atoms with Crippen molar-refractivity contribution in [3.63, 3.8) is 0 Å². The molecule has 178 valence electrons. The average molecular weight is 485 g/mol. The second kappa shape index (κ2) is 9.55. The molecule has 0 radical (unpaired) electrons. The highest BCUT2D eigenvalue weighted by Crippen LogP contribution is 2.47. The monoisotopic (exact) mass is 484 g/mol. The van der Waals surface area contributed by atoms with Crippen molar-refractivity contribution < 1.29 is 12.6 Å². The van der Waals surface area contributed by atoms with Crippen LogP contribution in [0.1, 0.15) is 36.1 Å². The molecule has 1 aliphatic rings. The van der Waals surface area contributed by atoms with E-state index in [-0.39, 0.29) is 10.9 Å². The zero-order valence-electron chi connectivity index (χ0n) is 19.6. The molecule has 1 heterocycles. The molecule has 2 atom stereocenters. The second-order valence-corrected chi connectivity index (χ2v) is 10.6. The summed E-state index contributed by atoms with van der Waals surface area (Å²) in [6.07, 6.45) is 4.70. The van der Waals surface area contributed by atoms with Crippen molar-refractivity contribution in [1.29, 1.82) is 0 Å². The Morgan fingerprint density at radius 1 is 0.914 bits per heavy atom. The van der Waals surface area contributed by atoms with Crippen LogP contribution in [0.3, 0.4) is 0 Å². The SMILES string of the molecule is Cc1ccc(S(=O)(=O)Oc2cccc([C@@]3(c4ccccn4)CCC[C@H]3Nc3ccccc3)c2)cc1. The van der Waals surface area contributed by atoms with E-state index in [1.54, 1.807) is 30.3 Å². The number of nitrogens with zero attached hydrogens (tertiary/aromatic N) is 1. The van der Waals surface area contributed by atoms with E-state index in [0.29, 0.717) is 5.75 Å². The van der Waals surface area contributed by atoms with Crippen molar-refractivity contribution in [3.05, 3.63) is 120 Å². The maximum absolute atomic E-state index is 13.0. The highest BCUT2D eigenvalue weighted by atomic mass is 32.2. The first-order valence-electron chi connectivity index (χ1n) is 11.8. The van der Waals surface area contributed by atoms with Crippen LogP contribution in [-0.4, -0.2) is 19.4 Å². The molecule has 3 aromatic carbocycles. The zero-order chi connectivity index (χ0) is 24.3. The molecule has 1 aliphatic carbocycles. The lowest BCUT2D eigenvalue weighted by Gasteiger charge is -2.37. The van der Waals surface area contributed by atoms with Crippen LogP contribution in [0.25, 0.3) is 0 Å². The fourth-order valence-electron chi connectivity index (χ4n) is 5.07. The molecule has 1 saturated carbocycles. The Morgan fingerprint density at radius 2 is 1.69 bits per heavy atom. The van der Waals surface area contributed by atoms with E-state index >= 15 is 0 Å². The molecule has 4 aromatic rings. The van der Waals surface area contributed by atoms with Crippen LogP contribution < -0.4 is 9.50 Å². The van der Waals surface area contributed by atoms with E-state index in [1.165, 1.54) is 0 Å². The van der Waals surface area contributed by atoms with E-state index in [1.807, 2.05) is 61.7 Å². The number of aryl methyl sites for hydroxylation is 1. The minimum atomic E-state index is -3.95. The Hall–Kier alpha value is -3.64. The molecule has 5 rings (SSSR count). The van der Waals surface area contributed by atoms with Gasteiger partial charge in [-0.1, -0.05) is 60.5 Å². The van der Waals surface area contributed by atoms with Gasteiger partial charge in [0.2, 0.25) is 0 Å². The first kappa shape index (κ1) is 23.1. The maximum atomic E-state index is 13.0. The van der Waals surface area contributed by atoms with Gasteiger partial charge in [0.05, 0.1) is 11.1 Å². The molecular weight excluding hydrogens is 456 g/mol. The summed E-state index contributed by atoms with van der Waals surface area (Å²) >= 11 is 0. The molecule has 1 fully saturated rings. The number of benzene rings is 3. The molecular formula is C29H28N2O3S. The van der Waals surface area contributed by atoms with Crippen LogP contribution >= 0.6 is 0 Å². The van der Waals surface area contributed by atoms with Crippen LogP contribution in [0.4, 0.5) is 5.69 Å². The number of nitrogens with one attached hydrogen (secondary N) is 1. The van der Waals surface area contributed by atoms with Gasteiger partial charge in [0, 0.05) is 17.9 Å². The molecule has 1 aromatic heterocycles. The van der Waals surface area contributed by atoms with Gasteiger partial charge in [-0.25, -0.2) is 0 Å². The number of hydrogen-bond donors (Lipinski definition) is 1. The van der Waals surface area contributed by atoms with Gasteiger partial charge in [-0.15, -0.1) is 0 Å². The predicted octanol–water partition coefficient (Wildman–Crippen LogP) is 6.11. The first-order chi connectivity index (χ1) is 17.0. The Morgan fingerprint density at radius 3 is 2.43 bits per heavy atom. The van der Waals surface area contributed by atoms with Gasteiger partial charge < -0.3 is 9.50 Å². The van der Waals surface area contributed by atoms with Gasteiger partial charge in [-0.05, 0) is 73.9 Å². The first-order valence-corrected chi connectivity index (χ1v) is 13.2. The minimum absolute atomic E-state index is 0.0868. The summed E-state index contributed by atoms with van der Waals surface area (Å²) in [7, 11) is -3.95. The lowest BCUT2D eigenvalue weighted by molar-refractivity contribution is 0.467. The van der Waals surface area contributed by atoms with Crippen molar-refractivity contribution in [2.24, 2.45) is 0 Å². The van der Waals surface area contributed by atoms with Gasteiger partial charge >= 0.3 is 10.1 Å². The fraction of sp³-hybridized carbons (Fsp3) is 0.207. The minimum Gasteiger partial charge on any atom is -0.381 e. The van der Waals surface area contributed by atoms with Crippen LogP contribution in [0.15, 0.2) is 108 Å². The highest BCUT2D eigenvalue weighted by molar-refractivity contribution is 7.87. The summed E-state index contributed by atoms with van der Waals surface area (Å²) in [5.41, 5.74) is 3.56. The van der Waals surface area contributed by atoms with Crippen LogP contribution in [-0.2, 0) is 15.5 Å². The summed E-state index contributed by atoms with van der Waals surface area (Å²) < 4.78 is 31.5. The number of pyridine rings is 1. The van der Waals surface area contributed by atoms with Crippen molar-refractivity contribution in [1.82, 2.24) is 4.98 Å². The van der Waals surface area contributed by atoms with Crippen molar-refractivity contribution in [2.75, 3.05) is 5.32 Å². The summed E-state index contributed by atoms with van der Waals surface area (Å²) in [6.45, 7) is 1.92. The second-order valence-electron chi connectivity index (χ2n) is 9.02. The quantitative estimate of drug-likeness (QED) is 0.321. The van der Waals surface area contributed by atoms with Crippen LogP contribution in [0.5, 0.6) is 5.75 Å². The topological polar surface area (TPSA) is 68.3 Å². The van der Waals surface area contributed by atoms with Gasteiger partial charge in [-0.3, -0.25) is 4.98 Å². The van der Waals surface area contributed by atoms with Crippen molar-refractivity contribution in [3.8, 4) is 5.75 Å². The highest BCUT2D eigenvalue weighted by Gasteiger charge is 2.47. The lowest BCUT2D eigenvalue weighted by atomic mass is 9.72. The third kappa shape index (κ3) is 4.66. The number of para-hydroxylation sites is 1. The largest absolute Gasteiger partial charge is 0.381 e. The Balaban J connectivity index is 1.54. The summed E-state index contributed by atoms with van der Waals surface area (Å²) in [4.78, 5) is 4.90. The lowest BCUT2D eigenvalue weighted by Crippen LogP contribution is -2.41. The van der Waals surface area contributed by atoms with Gasteiger partial charge in [0.1, 0.15) is 10.6 Å². The molecule has 0 aliphatic heterocycles. The molecule has 0 spiro atoms. The third-order valence-corrected chi connectivity index (χ3v) is 8.02. The van der Waals surface area contributed by atoms with Gasteiger partial charge in [0.15, 0.2) is 0 Å². The summed E-state index contributed by atoms with van der Waals surface area (Å²) in [5.74, 6) is 0.295. The van der Waals surface area contributed by atoms with Gasteiger partial charge in [-0.2, -0.15) is 8.42 Å². The third-order valence-electron chi connectivity index (χ3n) is 6.76. The number of rotatable bonds is 7. The average Bonchev–Trinajstić information content (AvgIpc) is 3.30.